The Morgan fingerprint density at radius 3 is 2.67 bits per heavy atom. The molecule has 4 nitrogen and oxygen atoms in total. The largest absolute Gasteiger partial charge is 0.356 e. The van der Waals surface area contributed by atoms with Crippen molar-refractivity contribution in [3.05, 3.63) is 18.1 Å². The lowest BCUT2D eigenvalue weighted by atomic mass is 9.90. The highest BCUT2D eigenvalue weighted by atomic mass is 15.2. The van der Waals surface area contributed by atoms with E-state index in [1.807, 2.05) is 0 Å². The summed E-state index contributed by atoms with van der Waals surface area (Å²) in [7, 11) is 2.06. The Labute approximate surface area is 110 Å². The average Bonchev–Trinajstić information content (AvgIpc) is 2.40. The fourth-order valence-corrected chi connectivity index (χ4v) is 2.43. The standard InChI is InChI=1S/C14H24N4/c1-4-5-12-10-13(17-11-16-12)18-8-6-14(2,15-3)7-9-18/h10-11,15H,4-9H2,1-3H3. The Morgan fingerprint density at radius 1 is 1.33 bits per heavy atom. The van der Waals surface area contributed by atoms with Crippen LogP contribution in [0.3, 0.4) is 0 Å². The van der Waals surface area contributed by atoms with Crippen molar-refractivity contribution < 1.29 is 0 Å². The number of piperidine rings is 1. The predicted octanol–water partition coefficient (Wildman–Crippen LogP) is 2.01. The molecule has 0 amide bonds. The minimum Gasteiger partial charge on any atom is -0.356 e. The average molecular weight is 248 g/mol. The number of hydrogen-bond acceptors (Lipinski definition) is 4. The third-order valence-electron chi connectivity index (χ3n) is 4.01. The van der Waals surface area contributed by atoms with Crippen molar-refractivity contribution in [1.29, 1.82) is 0 Å². The number of hydrogen-bond donors (Lipinski definition) is 1. The Hall–Kier alpha value is -1.16. The molecule has 0 spiro atoms. The van der Waals surface area contributed by atoms with E-state index in [1.54, 1.807) is 6.33 Å². The smallest absolute Gasteiger partial charge is 0.132 e. The number of nitrogens with zero attached hydrogens (tertiary/aromatic N) is 3. The van der Waals surface area contributed by atoms with Crippen molar-refractivity contribution in [2.24, 2.45) is 0 Å². The molecule has 1 N–H and O–H groups in total. The molecule has 4 heteroatoms. The summed E-state index contributed by atoms with van der Waals surface area (Å²) in [6.07, 6.45) is 6.20. The Bertz CT molecular complexity index is 383. The quantitative estimate of drug-likeness (QED) is 0.885. The van der Waals surface area contributed by atoms with Crippen LogP contribution in [0.25, 0.3) is 0 Å². The van der Waals surface area contributed by atoms with Crippen molar-refractivity contribution in [2.75, 3.05) is 25.0 Å². The Kier molecular flexibility index (Phi) is 4.17. The van der Waals surface area contributed by atoms with Crippen molar-refractivity contribution in [3.63, 3.8) is 0 Å². The fraction of sp³-hybridized carbons (Fsp3) is 0.714. The number of nitrogens with one attached hydrogen (secondary N) is 1. The first-order chi connectivity index (χ1) is 8.67. The predicted molar refractivity (Wildman–Crippen MR) is 74.9 cm³/mol. The SMILES string of the molecule is CCCc1cc(N2CCC(C)(NC)CC2)ncn1. The highest BCUT2D eigenvalue weighted by Gasteiger charge is 2.28. The van der Waals surface area contributed by atoms with Gasteiger partial charge in [0, 0.05) is 30.4 Å². The van der Waals surface area contributed by atoms with Gasteiger partial charge in [0.1, 0.15) is 12.1 Å². The van der Waals surface area contributed by atoms with E-state index < -0.39 is 0 Å². The first kappa shape index (κ1) is 13.3. The number of anilines is 1. The number of rotatable bonds is 4. The van der Waals surface area contributed by atoms with E-state index in [0.29, 0.717) is 0 Å². The zero-order chi connectivity index (χ0) is 13.0. The second kappa shape index (κ2) is 5.65. The van der Waals surface area contributed by atoms with Crippen LogP contribution in [0, 0.1) is 0 Å². The molecule has 1 aromatic heterocycles. The lowest BCUT2D eigenvalue weighted by Gasteiger charge is -2.39. The number of aromatic nitrogens is 2. The van der Waals surface area contributed by atoms with Gasteiger partial charge < -0.3 is 10.2 Å². The molecule has 0 bridgehead atoms. The van der Waals surface area contributed by atoms with Crippen molar-refractivity contribution in [1.82, 2.24) is 15.3 Å². The van der Waals surface area contributed by atoms with Crippen LogP contribution in [0.1, 0.15) is 38.8 Å². The lowest BCUT2D eigenvalue weighted by Crippen LogP contribution is -2.50. The third-order valence-corrected chi connectivity index (χ3v) is 4.01. The molecule has 0 radical (unpaired) electrons. The number of aryl methyl sites for hydroxylation is 1. The second-order valence-corrected chi connectivity index (χ2v) is 5.42. The van der Waals surface area contributed by atoms with Crippen LogP contribution in [0.5, 0.6) is 0 Å². The summed E-state index contributed by atoms with van der Waals surface area (Å²) in [6.45, 7) is 6.62. The third kappa shape index (κ3) is 2.99. The molecule has 0 unspecified atom stereocenters. The van der Waals surface area contributed by atoms with Gasteiger partial charge >= 0.3 is 0 Å². The highest BCUT2D eigenvalue weighted by Crippen LogP contribution is 2.24. The van der Waals surface area contributed by atoms with E-state index in [0.717, 1.165) is 50.3 Å². The maximum atomic E-state index is 4.41. The summed E-state index contributed by atoms with van der Waals surface area (Å²) < 4.78 is 0. The molecule has 1 saturated heterocycles. The van der Waals surface area contributed by atoms with Gasteiger partial charge in [0.15, 0.2) is 0 Å². The van der Waals surface area contributed by atoms with Gasteiger partial charge in [0.2, 0.25) is 0 Å². The summed E-state index contributed by atoms with van der Waals surface area (Å²) in [6, 6.07) is 2.14. The van der Waals surface area contributed by atoms with E-state index in [2.05, 4.69) is 47.1 Å². The second-order valence-electron chi connectivity index (χ2n) is 5.42. The molecule has 2 heterocycles. The first-order valence-corrected chi connectivity index (χ1v) is 6.91. The Morgan fingerprint density at radius 2 is 2.06 bits per heavy atom. The molecule has 18 heavy (non-hydrogen) atoms. The first-order valence-electron chi connectivity index (χ1n) is 6.91. The van der Waals surface area contributed by atoms with Gasteiger partial charge in [-0.25, -0.2) is 9.97 Å². The normalized spacial score (nSPS) is 18.9. The zero-order valence-corrected chi connectivity index (χ0v) is 11.7. The molecule has 2 rings (SSSR count). The van der Waals surface area contributed by atoms with Gasteiger partial charge in [-0.3, -0.25) is 0 Å². The monoisotopic (exact) mass is 248 g/mol. The maximum Gasteiger partial charge on any atom is 0.132 e. The van der Waals surface area contributed by atoms with E-state index in [-0.39, 0.29) is 5.54 Å². The van der Waals surface area contributed by atoms with E-state index in [9.17, 15) is 0 Å². The minimum absolute atomic E-state index is 0.287. The van der Waals surface area contributed by atoms with Crippen LogP contribution >= 0.6 is 0 Å². The molecular formula is C14H24N4. The van der Waals surface area contributed by atoms with E-state index in [4.69, 9.17) is 0 Å². The van der Waals surface area contributed by atoms with Crippen LogP contribution in [-0.2, 0) is 6.42 Å². The molecule has 0 aliphatic carbocycles. The van der Waals surface area contributed by atoms with Gasteiger partial charge in [-0.15, -0.1) is 0 Å². The molecule has 0 atom stereocenters. The fourth-order valence-electron chi connectivity index (χ4n) is 2.43. The summed E-state index contributed by atoms with van der Waals surface area (Å²) >= 11 is 0. The van der Waals surface area contributed by atoms with Crippen LogP contribution in [0.15, 0.2) is 12.4 Å². The van der Waals surface area contributed by atoms with Gasteiger partial charge in [0.05, 0.1) is 0 Å². The summed E-state index contributed by atoms with van der Waals surface area (Å²) in [5, 5.41) is 3.42. The molecular weight excluding hydrogens is 224 g/mol. The summed E-state index contributed by atoms with van der Waals surface area (Å²) in [5.74, 6) is 1.09. The van der Waals surface area contributed by atoms with Gasteiger partial charge in [-0.2, -0.15) is 0 Å². The van der Waals surface area contributed by atoms with Crippen molar-refractivity contribution in [3.8, 4) is 0 Å². The van der Waals surface area contributed by atoms with Crippen molar-refractivity contribution in [2.45, 2.75) is 45.1 Å². The maximum absolute atomic E-state index is 4.41. The van der Waals surface area contributed by atoms with E-state index >= 15 is 0 Å². The molecule has 1 aromatic rings. The molecule has 0 saturated carbocycles. The lowest BCUT2D eigenvalue weighted by molar-refractivity contribution is 0.304. The van der Waals surface area contributed by atoms with Crippen LogP contribution < -0.4 is 10.2 Å². The molecule has 1 aliphatic rings. The minimum atomic E-state index is 0.287. The Balaban J connectivity index is 2.03. The van der Waals surface area contributed by atoms with Crippen molar-refractivity contribution >= 4 is 5.82 Å². The molecule has 100 valence electrons. The summed E-state index contributed by atoms with van der Waals surface area (Å²) in [4.78, 5) is 11.1. The highest BCUT2D eigenvalue weighted by molar-refractivity contribution is 5.39. The molecule has 0 aromatic carbocycles. The zero-order valence-electron chi connectivity index (χ0n) is 11.7. The van der Waals surface area contributed by atoms with Crippen LogP contribution in [0.4, 0.5) is 5.82 Å². The van der Waals surface area contributed by atoms with Crippen LogP contribution in [-0.4, -0.2) is 35.6 Å². The van der Waals surface area contributed by atoms with Gasteiger partial charge in [-0.1, -0.05) is 13.3 Å². The topological polar surface area (TPSA) is 41.0 Å². The van der Waals surface area contributed by atoms with Gasteiger partial charge in [0.25, 0.3) is 0 Å². The molecule has 1 aliphatic heterocycles. The van der Waals surface area contributed by atoms with Gasteiger partial charge in [-0.05, 0) is 33.2 Å². The molecule has 1 fully saturated rings. The van der Waals surface area contributed by atoms with E-state index in [1.165, 1.54) is 0 Å². The summed E-state index contributed by atoms with van der Waals surface area (Å²) in [5.41, 5.74) is 1.44. The van der Waals surface area contributed by atoms with Crippen LogP contribution in [0.2, 0.25) is 0 Å².